The van der Waals surface area contributed by atoms with Crippen LogP contribution >= 0.6 is 23.1 Å². The number of halogens is 1. The van der Waals surface area contributed by atoms with Crippen LogP contribution in [0.2, 0.25) is 0 Å². The molecule has 0 saturated heterocycles. The minimum absolute atomic E-state index is 0.249. The highest BCUT2D eigenvalue weighted by Crippen LogP contribution is 2.40. The highest BCUT2D eigenvalue weighted by atomic mass is 32.2. The lowest BCUT2D eigenvalue weighted by Crippen LogP contribution is -2.20. The van der Waals surface area contributed by atoms with Crippen molar-refractivity contribution in [2.24, 2.45) is 0 Å². The number of hydrogen-bond acceptors (Lipinski definition) is 5. The number of rotatable bonds is 7. The van der Waals surface area contributed by atoms with Crippen LogP contribution in [-0.2, 0) is 9.53 Å². The Hall–Kier alpha value is -3.42. The molecular weight excluding hydrogens is 457 g/mol. The number of carbonyl (C=O) groups excluding carboxylic acids is 2. The average molecular weight is 478 g/mol. The standard InChI is InChI=1S/C26H20FNO3S2/c1-31-26(30)22-21(17-12-14-19(27)15-13-17)16-32-25(22)28-24(29)23(18-8-4-2-5-9-18)33-20-10-6-3-7-11-20/h2-16,23H,1H3,(H,28,29). The van der Waals surface area contributed by atoms with E-state index in [9.17, 15) is 14.0 Å². The fraction of sp³-hybridized carbons (Fsp3) is 0.0769. The number of esters is 1. The molecule has 7 heteroatoms. The first-order chi connectivity index (χ1) is 16.1. The van der Waals surface area contributed by atoms with Crippen molar-refractivity contribution in [1.29, 1.82) is 0 Å². The second-order valence-corrected chi connectivity index (χ2v) is 9.12. The second-order valence-electron chi connectivity index (χ2n) is 7.06. The van der Waals surface area contributed by atoms with E-state index in [1.54, 1.807) is 17.5 Å². The van der Waals surface area contributed by atoms with Crippen LogP contribution in [0, 0.1) is 5.82 Å². The van der Waals surface area contributed by atoms with E-state index < -0.39 is 11.2 Å². The van der Waals surface area contributed by atoms with E-state index in [0.717, 1.165) is 10.5 Å². The quantitative estimate of drug-likeness (QED) is 0.235. The van der Waals surface area contributed by atoms with Crippen LogP contribution in [0.1, 0.15) is 21.2 Å². The van der Waals surface area contributed by atoms with Gasteiger partial charge in [0.2, 0.25) is 5.91 Å². The maximum Gasteiger partial charge on any atom is 0.341 e. The van der Waals surface area contributed by atoms with Gasteiger partial charge >= 0.3 is 5.97 Å². The number of thiophene rings is 1. The molecule has 4 rings (SSSR count). The SMILES string of the molecule is COC(=O)c1c(-c2ccc(F)cc2)csc1NC(=O)C(Sc1ccccc1)c1ccccc1. The Morgan fingerprint density at radius 1 is 0.939 bits per heavy atom. The zero-order valence-corrected chi connectivity index (χ0v) is 19.3. The Kier molecular flexibility index (Phi) is 7.22. The summed E-state index contributed by atoms with van der Waals surface area (Å²) in [6.07, 6.45) is 0. The fourth-order valence-electron chi connectivity index (χ4n) is 3.31. The Labute approximate surface area is 199 Å². The van der Waals surface area contributed by atoms with E-state index in [1.807, 2.05) is 60.7 Å². The molecular formula is C26H20FNO3S2. The molecule has 1 amide bonds. The van der Waals surface area contributed by atoms with Gasteiger partial charge in [-0.25, -0.2) is 9.18 Å². The predicted octanol–water partition coefficient (Wildman–Crippen LogP) is 6.81. The molecule has 4 nitrogen and oxygen atoms in total. The van der Waals surface area contributed by atoms with Crippen LogP contribution in [-0.4, -0.2) is 19.0 Å². The average Bonchev–Trinajstić information content (AvgIpc) is 3.27. The van der Waals surface area contributed by atoms with E-state index in [2.05, 4.69) is 5.32 Å². The molecule has 1 unspecified atom stereocenters. The van der Waals surface area contributed by atoms with Gasteiger partial charge in [-0.3, -0.25) is 4.79 Å². The highest BCUT2D eigenvalue weighted by Gasteiger charge is 2.27. The van der Waals surface area contributed by atoms with E-state index in [1.165, 1.54) is 42.3 Å². The largest absolute Gasteiger partial charge is 0.465 e. The number of nitrogens with one attached hydrogen (secondary N) is 1. The maximum atomic E-state index is 13.4. The summed E-state index contributed by atoms with van der Waals surface area (Å²) in [5.41, 5.74) is 2.33. The number of anilines is 1. The van der Waals surface area contributed by atoms with Gasteiger partial charge in [-0.2, -0.15) is 0 Å². The molecule has 0 fully saturated rings. The van der Waals surface area contributed by atoms with Crippen LogP contribution in [0.5, 0.6) is 0 Å². The summed E-state index contributed by atoms with van der Waals surface area (Å²) < 4.78 is 18.4. The van der Waals surface area contributed by atoms with Gasteiger partial charge in [0.1, 0.15) is 21.6 Å². The lowest BCUT2D eigenvalue weighted by Gasteiger charge is -2.17. The summed E-state index contributed by atoms with van der Waals surface area (Å²) in [6.45, 7) is 0. The number of methoxy groups -OCH3 is 1. The summed E-state index contributed by atoms with van der Waals surface area (Å²) >= 11 is 2.66. The van der Waals surface area contributed by atoms with Crippen LogP contribution in [0.4, 0.5) is 9.39 Å². The minimum Gasteiger partial charge on any atom is -0.465 e. The van der Waals surface area contributed by atoms with Gasteiger partial charge in [0, 0.05) is 15.8 Å². The van der Waals surface area contributed by atoms with Gasteiger partial charge < -0.3 is 10.1 Å². The summed E-state index contributed by atoms with van der Waals surface area (Å²) in [6, 6.07) is 25.0. The van der Waals surface area contributed by atoms with Crippen molar-refractivity contribution in [2.75, 3.05) is 12.4 Å². The molecule has 0 radical (unpaired) electrons. The molecule has 166 valence electrons. The van der Waals surface area contributed by atoms with Crippen LogP contribution in [0.15, 0.2) is 95.2 Å². The molecule has 1 heterocycles. The van der Waals surface area contributed by atoms with Gasteiger partial charge in [0.25, 0.3) is 0 Å². The summed E-state index contributed by atoms with van der Waals surface area (Å²) in [4.78, 5) is 27.0. The van der Waals surface area contributed by atoms with Crippen molar-refractivity contribution < 1.29 is 18.7 Å². The van der Waals surface area contributed by atoms with E-state index in [0.29, 0.717) is 16.1 Å². The van der Waals surface area contributed by atoms with Gasteiger partial charge in [-0.15, -0.1) is 23.1 Å². The van der Waals surface area contributed by atoms with E-state index in [4.69, 9.17) is 4.74 Å². The Balaban J connectivity index is 1.68. The van der Waals surface area contributed by atoms with E-state index >= 15 is 0 Å². The monoisotopic (exact) mass is 477 g/mol. The summed E-state index contributed by atoms with van der Waals surface area (Å²) in [5, 5.41) is 4.55. The third-order valence-electron chi connectivity index (χ3n) is 4.91. The number of ether oxygens (including phenoxy) is 1. The van der Waals surface area contributed by atoms with Gasteiger partial charge in [-0.05, 0) is 35.4 Å². The molecule has 0 aliphatic heterocycles. The lowest BCUT2D eigenvalue weighted by molar-refractivity contribution is -0.115. The highest BCUT2D eigenvalue weighted by molar-refractivity contribution is 8.00. The molecule has 3 aromatic carbocycles. The van der Waals surface area contributed by atoms with Gasteiger partial charge in [0.15, 0.2) is 0 Å². The fourth-order valence-corrected chi connectivity index (χ4v) is 5.32. The van der Waals surface area contributed by atoms with E-state index in [-0.39, 0.29) is 17.3 Å². The number of benzene rings is 3. The molecule has 0 saturated carbocycles. The molecule has 0 aliphatic carbocycles. The van der Waals surface area contributed by atoms with Crippen LogP contribution in [0.3, 0.4) is 0 Å². The van der Waals surface area contributed by atoms with Crippen molar-refractivity contribution in [3.8, 4) is 11.1 Å². The third-order valence-corrected chi connectivity index (χ3v) is 7.07. The first kappa shape index (κ1) is 22.8. The van der Waals surface area contributed by atoms with Crippen molar-refractivity contribution in [2.45, 2.75) is 10.1 Å². The first-order valence-corrected chi connectivity index (χ1v) is 11.9. The maximum absolute atomic E-state index is 13.4. The molecule has 0 bridgehead atoms. The van der Waals surface area contributed by atoms with Crippen molar-refractivity contribution in [3.63, 3.8) is 0 Å². The molecule has 0 spiro atoms. The zero-order valence-electron chi connectivity index (χ0n) is 17.7. The molecule has 33 heavy (non-hydrogen) atoms. The normalized spacial score (nSPS) is 11.6. The number of amides is 1. The van der Waals surface area contributed by atoms with Crippen LogP contribution < -0.4 is 5.32 Å². The lowest BCUT2D eigenvalue weighted by atomic mass is 10.0. The smallest absolute Gasteiger partial charge is 0.341 e. The molecule has 1 atom stereocenters. The second kappa shape index (κ2) is 10.5. The minimum atomic E-state index is -0.571. The molecule has 0 aliphatic rings. The van der Waals surface area contributed by atoms with Gasteiger partial charge in [-0.1, -0.05) is 60.7 Å². The molecule has 1 N–H and O–H groups in total. The molecule has 4 aromatic rings. The predicted molar refractivity (Wildman–Crippen MR) is 131 cm³/mol. The Morgan fingerprint density at radius 2 is 1.58 bits per heavy atom. The van der Waals surface area contributed by atoms with Crippen molar-refractivity contribution in [1.82, 2.24) is 0 Å². The Morgan fingerprint density at radius 3 is 2.21 bits per heavy atom. The van der Waals surface area contributed by atoms with Crippen molar-refractivity contribution in [3.05, 3.63) is 107 Å². The Bertz CT molecular complexity index is 1240. The van der Waals surface area contributed by atoms with Crippen molar-refractivity contribution >= 4 is 40.0 Å². The number of carbonyl (C=O) groups is 2. The first-order valence-electron chi connectivity index (χ1n) is 10.1. The van der Waals surface area contributed by atoms with Crippen LogP contribution in [0.25, 0.3) is 11.1 Å². The summed E-state index contributed by atoms with van der Waals surface area (Å²) in [7, 11) is 1.29. The summed E-state index contributed by atoms with van der Waals surface area (Å²) in [5.74, 6) is -1.20. The molecule has 1 aromatic heterocycles. The topological polar surface area (TPSA) is 55.4 Å². The number of hydrogen-bond donors (Lipinski definition) is 1. The van der Waals surface area contributed by atoms with Gasteiger partial charge in [0.05, 0.1) is 7.11 Å². The number of thioether (sulfide) groups is 1. The zero-order chi connectivity index (χ0) is 23.2. The third kappa shape index (κ3) is 5.32.